The molecule has 1 amide bonds. The summed E-state index contributed by atoms with van der Waals surface area (Å²) in [7, 11) is 1.77. The van der Waals surface area contributed by atoms with Gasteiger partial charge >= 0.3 is 0 Å². The Morgan fingerprint density at radius 2 is 2.11 bits per heavy atom. The number of hydrogen-bond acceptors (Lipinski definition) is 3. The molecule has 1 atom stereocenters. The molecule has 1 aliphatic carbocycles. The first kappa shape index (κ1) is 20.2. The van der Waals surface area contributed by atoms with Gasteiger partial charge in [-0.25, -0.2) is 0 Å². The lowest BCUT2D eigenvalue weighted by atomic mass is 10.1. The molecule has 6 heteroatoms. The molecule has 2 aliphatic rings. The number of guanidine groups is 1. The molecule has 6 nitrogen and oxygen atoms in total. The number of carbonyl (C=O) groups excluding carboxylic acids is 1. The van der Waals surface area contributed by atoms with Gasteiger partial charge in [0.05, 0.1) is 0 Å². The number of ether oxygens (including phenoxy) is 1. The zero-order valence-corrected chi connectivity index (χ0v) is 16.8. The van der Waals surface area contributed by atoms with E-state index in [-0.39, 0.29) is 12.0 Å². The van der Waals surface area contributed by atoms with Crippen LogP contribution in [0.5, 0.6) is 5.75 Å². The monoisotopic (exact) mass is 384 g/mol. The van der Waals surface area contributed by atoms with Gasteiger partial charge in [-0.1, -0.05) is 43.7 Å². The molecule has 0 spiro atoms. The van der Waals surface area contributed by atoms with Gasteiger partial charge in [-0.05, 0) is 25.3 Å². The van der Waals surface area contributed by atoms with Gasteiger partial charge in [-0.2, -0.15) is 0 Å². The van der Waals surface area contributed by atoms with Crippen molar-refractivity contribution in [2.45, 2.75) is 44.7 Å². The summed E-state index contributed by atoms with van der Waals surface area (Å²) in [4.78, 5) is 19.0. The third-order valence-corrected chi connectivity index (χ3v) is 5.54. The third-order valence-electron chi connectivity index (χ3n) is 5.54. The predicted octanol–water partition coefficient (Wildman–Crippen LogP) is 2.71. The first-order valence-corrected chi connectivity index (χ1v) is 10.3. The van der Waals surface area contributed by atoms with E-state index in [2.05, 4.69) is 22.2 Å². The maximum absolute atomic E-state index is 12.6. The molecule has 1 aromatic rings. The minimum absolute atomic E-state index is 0.240. The molecule has 1 aromatic carbocycles. The van der Waals surface area contributed by atoms with Crippen molar-refractivity contribution in [1.29, 1.82) is 0 Å². The second kappa shape index (κ2) is 10.2. The van der Waals surface area contributed by atoms with E-state index in [1.807, 2.05) is 29.2 Å². The normalized spacial score (nSPS) is 20.2. The van der Waals surface area contributed by atoms with Crippen molar-refractivity contribution in [3.05, 3.63) is 42.5 Å². The van der Waals surface area contributed by atoms with Gasteiger partial charge < -0.3 is 20.3 Å². The lowest BCUT2D eigenvalue weighted by molar-refractivity contribution is -0.134. The number of rotatable bonds is 7. The summed E-state index contributed by atoms with van der Waals surface area (Å²) in [5.41, 5.74) is 1.07. The number of aliphatic imine (C=N–C) groups is 1. The van der Waals surface area contributed by atoms with E-state index in [9.17, 15) is 4.79 Å². The van der Waals surface area contributed by atoms with Crippen LogP contribution in [0.1, 0.15) is 37.7 Å². The average Bonchev–Trinajstić information content (AvgIpc) is 3.42. The number of para-hydroxylation sites is 1. The van der Waals surface area contributed by atoms with Gasteiger partial charge in [0, 0.05) is 44.2 Å². The number of nitrogens with zero attached hydrogens (tertiary/aromatic N) is 2. The molecule has 0 radical (unpaired) electrons. The van der Waals surface area contributed by atoms with Crippen LogP contribution in [0.3, 0.4) is 0 Å². The van der Waals surface area contributed by atoms with Crippen LogP contribution in [0.15, 0.2) is 41.9 Å². The van der Waals surface area contributed by atoms with Crippen molar-refractivity contribution in [2.75, 3.05) is 26.7 Å². The summed E-state index contributed by atoms with van der Waals surface area (Å²) in [6.07, 6.45) is 7.20. The molecule has 28 heavy (non-hydrogen) atoms. The van der Waals surface area contributed by atoms with Crippen molar-refractivity contribution in [3.63, 3.8) is 0 Å². The Labute approximate surface area is 168 Å². The van der Waals surface area contributed by atoms with Gasteiger partial charge in [0.25, 0.3) is 0 Å². The Hall–Kier alpha value is -2.50. The highest BCUT2D eigenvalue weighted by molar-refractivity contribution is 5.81. The standard InChI is InChI=1S/C22H32N4O2/c1-3-14-28-20-11-7-6-10-18(20)15-24-22(23-2)25-19-12-13-26(16-19)21(27)17-8-4-5-9-17/h3,6-7,10-11,17,19H,1,4-5,8-9,12-16H2,2H3,(H2,23,24,25). The van der Waals surface area contributed by atoms with Crippen LogP contribution in [0.25, 0.3) is 0 Å². The van der Waals surface area contributed by atoms with Gasteiger partial charge in [0.1, 0.15) is 12.4 Å². The molecule has 1 saturated heterocycles. The molecular weight excluding hydrogens is 352 g/mol. The largest absolute Gasteiger partial charge is 0.489 e. The topological polar surface area (TPSA) is 66.0 Å². The van der Waals surface area contributed by atoms with Gasteiger partial charge in [-0.3, -0.25) is 9.79 Å². The fourth-order valence-corrected chi connectivity index (χ4v) is 4.02. The second-order valence-corrected chi connectivity index (χ2v) is 7.53. The van der Waals surface area contributed by atoms with Crippen molar-refractivity contribution in [2.24, 2.45) is 10.9 Å². The lowest BCUT2D eigenvalue weighted by Crippen LogP contribution is -2.45. The highest BCUT2D eigenvalue weighted by Gasteiger charge is 2.32. The van der Waals surface area contributed by atoms with Gasteiger partial charge in [0.2, 0.25) is 5.91 Å². The zero-order valence-electron chi connectivity index (χ0n) is 16.8. The quantitative estimate of drug-likeness (QED) is 0.431. The van der Waals surface area contributed by atoms with Crippen molar-refractivity contribution < 1.29 is 9.53 Å². The SMILES string of the molecule is C=CCOc1ccccc1CNC(=NC)NC1CCN(C(=O)C2CCCC2)C1. The van der Waals surface area contributed by atoms with Gasteiger partial charge in [-0.15, -0.1) is 0 Å². The summed E-state index contributed by atoms with van der Waals surface area (Å²) in [5.74, 6) is 2.19. The van der Waals surface area contributed by atoms with Crippen LogP contribution in [-0.4, -0.2) is 49.6 Å². The molecule has 1 heterocycles. The van der Waals surface area contributed by atoms with Crippen LogP contribution >= 0.6 is 0 Å². The molecule has 2 fully saturated rings. The minimum atomic E-state index is 0.240. The van der Waals surface area contributed by atoms with E-state index in [0.29, 0.717) is 19.1 Å². The summed E-state index contributed by atoms with van der Waals surface area (Å²) < 4.78 is 5.71. The number of benzene rings is 1. The molecule has 0 aromatic heterocycles. The predicted molar refractivity (Wildman–Crippen MR) is 112 cm³/mol. The Kier molecular flexibility index (Phi) is 7.34. The fraction of sp³-hybridized carbons (Fsp3) is 0.545. The number of nitrogens with one attached hydrogen (secondary N) is 2. The van der Waals surface area contributed by atoms with E-state index in [0.717, 1.165) is 49.6 Å². The van der Waals surface area contributed by atoms with Crippen molar-refractivity contribution >= 4 is 11.9 Å². The second-order valence-electron chi connectivity index (χ2n) is 7.53. The Balaban J connectivity index is 1.49. The fourth-order valence-electron chi connectivity index (χ4n) is 4.02. The maximum Gasteiger partial charge on any atom is 0.225 e. The Morgan fingerprint density at radius 1 is 1.32 bits per heavy atom. The van der Waals surface area contributed by atoms with E-state index in [1.54, 1.807) is 13.1 Å². The van der Waals surface area contributed by atoms with Crippen LogP contribution in [0, 0.1) is 5.92 Å². The van der Waals surface area contributed by atoms with E-state index >= 15 is 0 Å². The average molecular weight is 385 g/mol. The molecule has 1 saturated carbocycles. The van der Waals surface area contributed by atoms with E-state index in [1.165, 1.54) is 12.8 Å². The smallest absolute Gasteiger partial charge is 0.225 e. The summed E-state index contributed by atoms with van der Waals surface area (Å²) in [6, 6.07) is 8.20. The molecule has 152 valence electrons. The lowest BCUT2D eigenvalue weighted by Gasteiger charge is -2.21. The van der Waals surface area contributed by atoms with Crippen LogP contribution < -0.4 is 15.4 Å². The summed E-state index contributed by atoms with van der Waals surface area (Å²) >= 11 is 0. The number of carbonyl (C=O) groups is 1. The summed E-state index contributed by atoms with van der Waals surface area (Å²) in [6.45, 7) is 6.39. The zero-order chi connectivity index (χ0) is 19.8. The third kappa shape index (κ3) is 5.27. The van der Waals surface area contributed by atoms with Crippen LogP contribution in [-0.2, 0) is 11.3 Å². The van der Waals surface area contributed by atoms with Crippen LogP contribution in [0.2, 0.25) is 0 Å². The van der Waals surface area contributed by atoms with Crippen LogP contribution in [0.4, 0.5) is 0 Å². The molecule has 2 N–H and O–H groups in total. The Bertz CT molecular complexity index is 698. The molecule has 1 aliphatic heterocycles. The number of amides is 1. The van der Waals surface area contributed by atoms with Crippen molar-refractivity contribution in [1.82, 2.24) is 15.5 Å². The molecular formula is C22H32N4O2. The minimum Gasteiger partial charge on any atom is -0.489 e. The maximum atomic E-state index is 12.6. The van der Waals surface area contributed by atoms with E-state index in [4.69, 9.17) is 4.74 Å². The summed E-state index contributed by atoms with van der Waals surface area (Å²) in [5, 5.41) is 6.82. The van der Waals surface area contributed by atoms with Gasteiger partial charge in [0.15, 0.2) is 5.96 Å². The van der Waals surface area contributed by atoms with E-state index < -0.39 is 0 Å². The number of likely N-dealkylation sites (tertiary alicyclic amines) is 1. The number of hydrogen-bond donors (Lipinski definition) is 2. The molecule has 0 bridgehead atoms. The van der Waals surface area contributed by atoms with Crippen molar-refractivity contribution in [3.8, 4) is 5.75 Å². The highest BCUT2D eigenvalue weighted by Crippen LogP contribution is 2.27. The Morgan fingerprint density at radius 3 is 2.86 bits per heavy atom. The first-order chi connectivity index (χ1) is 13.7. The molecule has 1 unspecified atom stereocenters. The first-order valence-electron chi connectivity index (χ1n) is 10.3. The molecule has 3 rings (SSSR count). The highest BCUT2D eigenvalue weighted by atomic mass is 16.5.